The van der Waals surface area contributed by atoms with E-state index in [0.717, 1.165) is 25.4 Å². The third kappa shape index (κ3) is 7.70. The molecule has 0 aromatic carbocycles. The van der Waals surface area contributed by atoms with Crippen LogP contribution in [0.1, 0.15) is 71.1 Å². The molecule has 0 amide bonds. The summed E-state index contributed by atoms with van der Waals surface area (Å²) in [5, 5.41) is 3.66. The van der Waals surface area contributed by atoms with E-state index in [9.17, 15) is 4.79 Å². The second kappa shape index (κ2) is 10.4. The van der Waals surface area contributed by atoms with E-state index in [1.165, 1.54) is 44.9 Å². The standard InChI is InChI=1S/C15H29NO2/c1-2-18-15(17)12-8-5-9-13-16-14-10-6-3-4-7-11-14/h14,16H,2-13H2,1H3. The SMILES string of the molecule is CCOC(=O)CCCCCNC1CCCCCC1. The topological polar surface area (TPSA) is 38.3 Å². The Morgan fingerprint density at radius 3 is 2.50 bits per heavy atom. The molecule has 0 heterocycles. The summed E-state index contributed by atoms with van der Waals surface area (Å²) in [5.41, 5.74) is 0. The van der Waals surface area contributed by atoms with Crippen LogP contribution < -0.4 is 5.32 Å². The van der Waals surface area contributed by atoms with E-state index in [-0.39, 0.29) is 5.97 Å². The minimum absolute atomic E-state index is 0.0470. The van der Waals surface area contributed by atoms with Crippen LogP contribution in [0.2, 0.25) is 0 Å². The number of carbonyl (C=O) groups is 1. The molecule has 1 saturated carbocycles. The van der Waals surface area contributed by atoms with Gasteiger partial charge in [0.1, 0.15) is 0 Å². The summed E-state index contributed by atoms with van der Waals surface area (Å²) in [4.78, 5) is 11.1. The minimum atomic E-state index is -0.0470. The molecule has 0 aromatic heterocycles. The van der Waals surface area contributed by atoms with Gasteiger partial charge in [0.25, 0.3) is 0 Å². The van der Waals surface area contributed by atoms with Crippen molar-refractivity contribution in [2.75, 3.05) is 13.2 Å². The molecular formula is C15H29NO2. The molecule has 18 heavy (non-hydrogen) atoms. The van der Waals surface area contributed by atoms with E-state index < -0.39 is 0 Å². The van der Waals surface area contributed by atoms with Crippen LogP contribution in [0.3, 0.4) is 0 Å². The van der Waals surface area contributed by atoms with Crippen molar-refractivity contribution in [2.45, 2.75) is 77.2 Å². The fraction of sp³-hybridized carbons (Fsp3) is 0.933. The van der Waals surface area contributed by atoms with Crippen molar-refractivity contribution < 1.29 is 9.53 Å². The van der Waals surface area contributed by atoms with Crippen molar-refractivity contribution >= 4 is 5.97 Å². The molecule has 0 aliphatic heterocycles. The number of unbranched alkanes of at least 4 members (excludes halogenated alkanes) is 2. The highest BCUT2D eigenvalue weighted by Crippen LogP contribution is 2.17. The Bertz CT molecular complexity index is 211. The first kappa shape index (κ1) is 15.5. The second-order valence-electron chi connectivity index (χ2n) is 5.26. The first-order valence-electron chi connectivity index (χ1n) is 7.72. The fourth-order valence-corrected chi connectivity index (χ4v) is 2.59. The van der Waals surface area contributed by atoms with Gasteiger partial charge in [0, 0.05) is 12.5 Å². The lowest BCUT2D eigenvalue weighted by atomic mass is 10.1. The molecule has 106 valence electrons. The molecule has 1 rings (SSSR count). The summed E-state index contributed by atoms with van der Waals surface area (Å²) in [7, 11) is 0. The molecule has 0 unspecified atom stereocenters. The zero-order valence-electron chi connectivity index (χ0n) is 11.9. The van der Waals surface area contributed by atoms with E-state index in [1.807, 2.05) is 6.92 Å². The lowest BCUT2D eigenvalue weighted by Crippen LogP contribution is -2.29. The van der Waals surface area contributed by atoms with Gasteiger partial charge in [-0.1, -0.05) is 32.1 Å². The molecule has 0 bridgehead atoms. The molecule has 1 fully saturated rings. The summed E-state index contributed by atoms with van der Waals surface area (Å²) in [5.74, 6) is -0.0470. The zero-order valence-corrected chi connectivity index (χ0v) is 11.9. The highest BCUT2D eigenvalue weighted by Gasteiger charge is 2.10. The minimum Gasteiger partial charge on any atom is -0.466 e. The first-order valence-corrected chi connectivity index (χ1v) is 7.72. The zero-order chi connectivity index (χ0) is 13.1. The van der Waals surface area contributed by atoms with Gasteiger partial charge in [0.05, 0.1) is 6.61 Å². The molecule has 3 heteroatoms. The van der Waals surface area contributed by atoms with E-state index in [2.05, 4.69) is 5.32 Å². The van der Waals surface area contributed by atoms with Gasteiger partial charge in [-0.15, -0.1) is 0 Å². The van der Waals surface area contributed by atoms with E-state index in [4.69, 9.17) is 4.74 Å². The number of rotatable bonds is 8. The van der Waals surface area contributed by atoms with Crippen molar-refractivity contribution in [3.63, 3.8) is 0 Å². The molecule has 1 aliphatic rings. The third-order valence-corrected chi connectivity index (χ3v) is 3.65. The smallest absolute Gasteiger partial charge is 0.305 e. The van der Waals surface area contributed by atoms with Crippen LogP contribution in [0.15, 0.2) is 0 Å². The largest absolute Gasteiger partial charge is 0.466 e. The van der Waals surface area contributed by atoms with E-state index in [0.29, 0.717) is 13.0 Å². The Morgan fingerprint density at radius 2 is 1.83 bits per heavy atom. The van der Waals surface area contributed by atoms with Gasteiger partial charge in [-0.05, 0) is 39.2 Å². The van der Waals surface area contributed by atoms with Crippen molar-refractivity contribution in [2.24, 2.45) is 0 Å². The van der Waals surface area contributed by atoms with Crippen molar-refractivity contribution in [1.29, 1.82) is 0 Å². The molecule has 3 nitrogen and oxygen atoms in total. The summed E-state index contributed by atoms with van der Waals surface area (Å²) in [6.07, 6.45) is 12.2. The van der Waals surface area contributed by atoms with Gasteiger partial charge in [-0.25, -0.2) is 0 Å². The first-order chi connectivity index (χ1) is 8.83. The van der Waals surface area contributed by atoms with Gasteiger partial charge in [-0.2, -0.15) is 0 Å². The average molecular weight is 255 g/mol. The Labute approximate surface area is 112 Å². The van der Waals surface area contributed by atoms with Crippen LogP contribution >= 0.6 is 0 Å². The summed E-state index contributed by atoms with van der Waals surface area (Å²) < 4.78 is 4.90. The number of hydrogen-bond donors (Lipinski definition) is 1. The predicted octanol–water partition coefficient (Wildman–Crippen LogP) is 3.42. The van der Waals surface area contributed by atoms with Crippen molar-refractivity contribution in [3.8, 4) is 0 Å². The lowest BCUT2D eigenvalue weighted by molar-refractivity contribution is -0.143. The molecular weight excluding hydrogens is 226 g/mol. The number of carbonyl (C=O) groups excluding carboxylic acids is 1. The molecule has 1 aliphatic carbocycles. The normalized spacial score (nSPS) is 17.4. The Balaban J connectivity index is 1.90. The highest BCUT2D eigenvalue weighted by atomic mass is 16.5. The molecule has 0 aromatic rings. The predicted molar refractivity (Wildman–Crippen MR) is 74.6 cm³/mol. The average Bonchev–Trinajstić information content (AvgIpc) is 2.62. The molecule has 0 radical (unpaired) electrons. The van der Waals surface area contributed by atoms with Gasteiger partial charge in [0.15, 0.2) is 0 Å². The number of esters is 1. The molecule has 1 N–H and O–H groups in total. The molecule has 0 atom stereocenters. The Hall–Kier alpha value is -0.570. The highest BCUT2D eigenvalue weighted by molar-refractivity contribution is 5.69. The van der Waals surface area contributed by atoms with Crippen LogP contribution in [0.25, 0.3) is 0 Å². The fourth-order valence-electron chi connectivity index (χ4n) is 2.59. The number of hydrogen-bond acceptors (Lipinski definition) is 3. The summed E-state index contributed by atoms with van der Waals surface area (Å²) in [6, 6.07) is 0.748. The van der Waals surface area contributed by atoms with Gasteiger partial charge in [0.2, 0.25) is 0 Å². The van der Waals surface area contributed by atoms with Crippen LogP contribution in [-0.4, -0.2) is 25.2 Å². The number of nitrogens with one attached hydrogen (secondary N) is 1. The van der Waals surface area contributed by atoms with Gasteiger partial charge in [-0.3, -0.25) is 4.79 Å². The second-order valence-corrected chi connectivity index (χ2v) is 5.26. The van der Waals surface area contributed by atoms with E-state index in [1.54, 1.807) is 0 Å². The monoisotopic (exact) mass is 255 g/mol. The van der Waals surface area contributed by atoms with Gasteiger partial charge >= 0.3 is 5.97 Å². The van der Waals surface area contributed by atoms with Crippen molar-refractivity contribution in [1.82, 2.24) is 5.32 Å². The third-order valence-electron chi connectivity index (χ3n) is 3.65. The number of ether oxygens (including phenoxy) is 1. The maximum Gasteiger partial charge on any atom is 0.305 e. The van der Waals surface area contributed by atoms with Crippen LogP contribution in [0, 0.1) is 0 Å². The maximum absolute atomic E-state index is 11.1. The summed E-state index contributed by atoms with van der Waals surface area (Å²) in [6.45, 7) is 3.46. The van der Waals surface area contributed by atoms with Crippen LogP contribution in [0.4, 0.5) is 0 Å². The molecule has 0 saturated heterocycles. The molecule has 0 spiro atoms. The Kier molecular flexibility index (Phi) is 8.92. The quantitative estimate of drug-likeness (QED) is 0.410. The Morgan fingerprint density at radius 1 is 1.11 bits per heavy atom. The van der Waals surface area contributed by atoms with Gasteiger partial charge < -0.3 is 10.1 Å². The van der Waals surface area contributed by atoms with Crippen LogP contribution in [-0.2, 0) is 9.53 Å². The van der Waals surface area contributed by atoms with E-state index >= 15 is 0 Å². The van der Waals surface area contributed by atoms with Crippen LogP contribution in [0.5, 0.6) is 0 Å². The van der Waals surface area contributed by atoms with Crippen molar-refractivity contribution in [3.05, 3.63) is 0 Å². The maximum atomic E-state index is 11.1. The summed E-state index contributed by atoms with van der Waals surface area (Å²) >= 11 is 0. The lowest BCUT2D eigenvalue weighted by Gasteiger charge is -2.15.